The molecule has 2 aromatic heterocycles. The van der Waals surface area contributed by atoms with Crippen LogP contribution in [-0.2, 0) is 11.3 Å². The lowest BCUT2D eigenvalue weighted by atomic mass is 10.2. The van der Waals surface area contributed by atoms with Crippen LogP contribution in [0.25, 0.3) is 10.2 Å². The van der Waals surface area contributed by atoms with Crippen molar-refractivity contribution in [1.82, 2.24) is 14.9 Å². The second kappa shape index (κ2) is 7.63. The molecule has 1 N–H and O–H groups in total. The van der Waals surface area contributed by atoms with E-state index in [1.54, 1.807) is 0 Å². The fourth-order valence-corrected chi connectivity index (χ4v) is 4.12. The zero-order chi connectivity index (χ0) is 19.7. The minimum Gasteiger partial charge on any atom is -0.486 e. The number of rotatable bonds is 5. The summed E-state index contributed by atoms with van der Waals surface area (Å²) in [7, 11) is 0. The summed E-state index contributed by atoms with van der Waals surface area (Å²) in [6, 6.07) is 7.45. The number of amides is 1. The van der Waals surface area contributed by atoms with Gasteiger partial charge in [0.05, 0.1) is 18.3 Å². The second-order valence-corrected chi connectivity index (χ2v) is 7.96. The van der Waals surface area contributed by atoms with Gasteiger partial charge in [-0.25, -0.2) is 4.98 Å². The number of nitrogens with zero attached hydrogens (tertiary/aromatic N) is 2. The highest BCUT2D eigenvalue weighted by Gasteiger charge is 2.21. The van der Waals surface area contributed by atoms with Crippen molar-refractivity contribution in [3.63, 3.8) is 0 Å². The highest BCUT2D eigenvalue weighted by atomic mass is 32.1. The van der Waals surface area contributed by atoms with Crippen LogP contribution in [0.4, 0.5) is 0 Å². The maximum Gasteiger partial charge on any atom is 0.262 e. The molecule has 0 bridgehead atoms. The molecule has 0 saturated carbocycles. The third kappa shape index (κ3) is 3.60. The van der Waals surface area contributed by atoms with E-state index in [2.05, 4.69) is 10.3 Å². The van der Waals surface area contributed by atoms with Gasteiger partial charge < -0.3 is 14.8 Å². The monoisotopic (exact) mass is 399 g/mol. The van der Waals surface area contributed by atoms with Gasteiger partial charge in [0.1, 0.15) is 17.5 Å². The SMILES string of the molecule is Cc1sc2ncn(CCC(=O)NCC3COc4ccccc4O3)c(=O)c2c1C. The minimum absolute atomic E-state index is 0.0970. The Morgan fingerprint density at radius 3 is 2.93 bits per heavy atom. The molecule has 8 heteroatoms. The predicted octanol–water partition coefficient (Wildman–Crippen LogP) is 2.42. The molecule has 3 heterocycles. The van der Waals surface area contributed by atoms with Gasteiger partial charge in [0.15, 0.2) is 11.5 Å². The minimum atomic E-state index is -0.240. The fourth-order valence-electron chi connectivity index (χ4n) is 3.13. The van der Waals surface area contributed by atoms with Crippen molar-refractivity contribution in [3.05, 3.63) is 51.4 Å². The summed E-state index contributed by atoms with van der Waals surface area (Å²) in [6.45, 7) is 4.93. The van der Waals surface area contributed by atoms with Gasteiger partial charge in [0.2, 0.25) is 5.91 Å². The van der Waals surface area contributed by atoms with Gasteiger partial charge in [-0.2, -0.15) is 0 Å². The van der Waals surface area contributed by atoms with Crippen molar-refractivity contribution in [2.75, 3.05) is 13.2 Å². The highest BCUT2D eigenvalue weighted by molar-refractivity contribution is 7.18. The van der Waals surface area contributed by atoms with Crippen LogP contribution in [0.2, 0.25) is 0 Å². The predicted molar refractivity (Wildman–Crippen MR) is 107 cm³/mol. The van der Waals surface area contributed by atoms with Crippen molar-refractivity contribution in [1.29, 1.82) is 0 Å². The Balaban J connectivity index is 1.33. The summed E-state index contributed by atoms with van der Waals surface area (Å²) in [5.41, 5.74) is 0.867. The van der Waals surface area contributed by atoms with E-state index in [0.717, 1.165) is 15.3 Å². The van der Waals surface area contributed by atoms with Gasteiger partial charge in [-0.3, -0.25) is 14.2 Å². The number of ether oxygens (including phenoxy) is 2. The Bertz CT molecular complexity index is 1090. The van der Waals surface area contributed by atoms with Gasteiger partial charge in [-0.1, -0.05) is 12.1 Å². The molecule has 4 rings (SSSR count). The Hall–Kier alpha value is -2.87. The summed E-state index contributed by atoms with van der Waals surface area (Å²) in [4.78, 5) is 31.1. The summed E-state index contributed by atoms with van der Waals surface area (Å²) in [6.07, 6.45) is 1.47. The Morgan fingerprint density at radius 1 is 1.32 bits per heavy atom. The summed E-state index contributed by atoms with van der Waals surface area (Å²) < 4.78 is 13.0. The first-order chi connectivity index (χ1) is 13.5. The van der Waals surface area contributed by atoms with Crippen LogP contribution in [0.15, 0.2) is 35.4 Å². The van der Waals surface area contributed by atoms with E-state index in [4.69, 9.17) is 9.47 Å². The zero-order valence-electron chi connectivity index (χ0n) is 15.7. The number of thiophene rings is 1. The lowest BCUT2D eigenvalue weighted by molar-refractivity contribution is -0.121. The molecular weight excluding hydrogens is 378 g/mol. The number of benzene rings is 1. The number of hydrogen-bond acceptors (Lipinski definition) is 6. The van der Waals surface area contributed by atoms with Crippen molar-refractivity contribution in [3.8, 4) is 11.5 Å². The van der Waals surface area contributed by atoms with Crippen LogP contribution < -0.4 is 20.3 Å². The largest absolute Gasteiger partial charge is 0.486 e. The smallest absolute Gasteiger partial charge is 0.262 e. The molecule has 1 aliphatic rings. The van der Waals surface area contributed by atoms with E-state index in [-0.39, 0.29) is 30.5 Å². The van der Waals surface area contributed by atoms with Gasteiger partial charge >= 0.3 is 0 Å². The van der Waals surface area contributed by atoms with Crippen LogP contribution >= 0.6 is 11.3 Å². The zero-order valence-corrected chi connectivity index (χ0v) is 16.5. The maximum atomic E-state index is 12.7. The van der Waals surface area contributed by atoms with E-state index >= 15 is 0 Å². The normalized spacial score (nSPS) is 15.6. The first-order valence-corrected chi connectivity index (χ1v) is 9.95. The third-order valence-electron chi connectivity index (χ3n) is 4.83. The maximum absolute atomic E-state index is 12.7. The van der Waals surface area contributed by atoms with Crippen molar-refractivity contribution < 1.29 is 14.3 Å². The van der Waals surface area contributed by atoms with Gasteiger partial charge in [0, 0.05) is 17.8 Å². The molecule has 0 radical (unpaired) electrons. The molecule has 0 fully saturated rings. The number of aryl methyl sites for hydroxylation is 3. The lowest BCUT2D eigenvalue weighted by Gasteiger charge is -2.26. The van der Waals surface area contributed by atoms with Crippen molar-refractivity contribution in [2.45, 2.75) is 32.9 Å². The summed E-state index contributed by atoms with van der Waals surface area (Å²) in [5, 5.41) is 3.50. The molecule has 1 unspecified atom stereocenters. The molecule has 7 nitrogen and oxygen atoms in total. The molecule has 0 aliphatic carbocycles. The number of hydrogen-bond donors (Lipinski definition) is 1. The van der Waals surface area contributed by atoms with Crippen molar-refractivity contribution >= 4 is 27.5 Å². The average molecular weight is 399 g/mol. The van der Waals surface area contributed by atoms with E-state index in [9.17, 15) is 9.59 Å². The molecule has 0 saturated heterocycles. The van der Waals surface area contributed by atoms with Crippen LogP contribution in [0.3, 0.4) is 0 Å². The number of aromatic nitrogens is 2. The second-order valence-electron chi connectivity index (χ2n) is 6.76. The lowest BCUT2D eigenvalue weighted by Crippen LogP contribution is -2.41. The molecule has 0 spiro atoms. The molecule has 1 atom stereocenters. The molecule has 1 aromatic carbocycles. The first-order valence-electron chi connectivity index (χ1n) is 9.13. The van der Waals surface area contributed by atoms with E-state index in [0.29, 0.717) is 30.0 Å². The number of nitrogens with one attached hydrogen (secondary N) is 1. The number of carbonyl (C=O) groups is 1. The number of fused-ring (bicyclic) bond motifs is 2. The van der Waals surface area contributed by atoms with Gasteiger partial charge in [-0.05, 0) is 31.5 Å². The topological polar surface area (TPSA) is 82.5 Å². The fraction of sp³-hybridized carbons (Fsp3) is 0.350. The quantitative estimate of drug-likeness (QED) is 0.713. The number of para-hydroxylation sites is 2. The standard InChI is InChI=1S/C20H21N3O4S/c1-12-13(2)28-19-18(12)20(25)23(11-22-19)8-7-17(24)21-9-14-10-26-15-5-3-4-6-16(15)27-14/h3-6,11,14H,7-10H2,1-2H3,(H,21,24). The molecule has 146 valence electrons. The summed E-state index contributed by atoms with van der Waals surface area (Å²) >= 11 is 1.52. The molecule has 1 aliphatic heterocycles. The van der Waals surface area contributed by atoms with Crippen LogP contribution in [0, 0.1) is 13.8 Å². The van der Waals surface area contributed by atoms with Gasteiger partial charge in [-0.15, -0.1) is 11.3 Å². The molecule has 1 amide bonds. The summed E-state index contributed by atoms with van der Waals surface area (Å²) in [5.74, 6) is 1.25. The highest BCUT2D eigenvalue weighted by Crippen LogP contribution is 2.30. The third-order valence-corrected chi connectivity index (χ3v) is 5.95. The molecule has 3 aromatic rings. The van der Waals surface area contributed by atoms with E-state index in [1.165, 1.54) is 22.2 Å². The average Bonchev–Trinajstić information content (AvgIpc) is 3.00. The van der Waals surface area contributed by atoms with E-state index < -0.39 is 0 Å². The molecule has 28 heavy (non-hydrogen) atoms. The van der Waals surface area contributed by atoms with E-state index in [1.807, 2.05) is 38.1 Å². The van der Waals surface area contributed by atoms with Crippen molar-refractivity contribution in [2.24, 2.45) is 0 Å². The Kier molecular flexibility index (Phi) is 5.04. The Morgan fingerprint density at radius 2 is 2.11 bits per heavy atom. The van der Waals surface area contributed by atoms with Gasteiger partial charge in [0.25, 0.3) is 5.56 Å². The Labute approximate surface area is 165 Å². The van der Waals surface area contributed by atoms with Crippen LogP contribution in [-0.4, -0.2) is 34.7 Å². The van der Waals surface area contributed by atoms with Crippen LogP contribution in [0.1, 0.15) is 16.9 Å². The van der Waals surface area contributed by atoms with Crippen LogP contribution in [0.5, 0.6) is 11.5 Å². The first kappa shape index (κ1) is 18.5. The molecular formula is C20H21N3O4S. The number of carbonyl (C=O) groups excluding carboxylic acids is 1.